The van der Waals surface area contributed by atoms with Crippen molar-refractivity contribution in [3.8, 4) is 0 Å². The van der Waals surface area contributed by atoms with Gasteiger partial charge in [-0.3, -0.25) is 14.9 Å². The number of likely N-dealkylation sites (tertiary alicyclic amines) is 1. The Balaban J connectivity index is 1.94. The molecule has 0 spiro atoms. The van der Waals surface area contributed by atoms with E-state index in [0.29, 0.717) is 11.0 Å². The second-order valence-corrected chi connectivity index (χ2v) is 6.03. The van der Waals surface area contributed by atoms with E-state index in [9.17, 15) is 14.9 Å². The van der Waals surface area contributed by atoms with E-state index in [-0.39, 0.29) is 17.6 Å². The molecule has 0 aromatic heterocycles. The number of hydrogen-bond donors (Lipinski definition) is 1. The molecule has 1 fully saturated rings. The van der Waals surface area contributed by atoms with Gasteiger partial charge in [0, 0.05) is 25.7 Å². The van der Waals surface area contributed by atoms with Gasteiger partial charge in [-0.05, 0) is 47.3 Å². The topological polar surface area (TPSA) is 75.5 Å². The maximum absolute atomic E-state index is 12.1. The number of rotatable bonds is 5. The quantitative estimate of drug-likeness (QED) is 0.650. The molecule has 1 N–H and O–H groups in total. The largest absolute Gasteiger partial charge is 0.341 e. The van der Waals surface area contributed by atoms with E-state index in [2.05, 4.69) is 21.2 Å². The number of hydrogen-bond acceptors (Lipinski definition) is 4. The van der Waals surface area contributed by atoms with Crippen LogP contribution in [-0.2, 0) is 11.3 Å². The first-order valence-electron chi connectivity index (χ1n) is 6.94. The van der Waals surface area contributed by atoms with Gasteiger partial charge >= 0.3 is 0 Å². The van der Waals surface area contributed by atoms with E-state index in [1.165, 1.54) is 6.07 Å². The first-order valence-corrected chi connectivity index (χ1v) is 7.73. The molecule has 6 nitrogen and oxygen atoms in total. The molecule has 0 aliphatic carbocycles. The Morgan fingerprint density at radius 2 is 2.14 bits per heavy atom. The van der Waals surface area contributed by atoms with Gasteiger partial charge in [0.15, 0.2) is 0 Å². The molecule has 0 saturated carbocycles. The normalized spacial score (nSPS) is 16.0. The Morgan fingerprint density at radius 1 is 1.48 bits per heavy atom. The third kappa shape index (κ3) is 4.01. The molecule has 1 aliphatic rings. The summed E-state index contributed by atoms with van der Waals surface area (Å²) in [5.41, 5.74) is 0.818. The molecular weight excluding hydrogens is 338 g/mol. The van der Waals surface area contributed by atoms with Gasteiger partial charge in [0.05, 0.1) is 15.4 Å². The van der Waals surface area contributed by atoms with Crippen molar-refractivity contribution >= 4 is 27.5 Å². The highest BCUT2D eigenvalue weighted by molar-refractivity contribution is 9.10. The van der Waals surface area contributed by atoms with Crippen molar-refractivity contribution < 1.29 is 9.72 Å². The zero-order chi connectivity index (χ0) is 15.4. The van der Waals surface area contributed by atoms with E-state index < -0.39 is 4.92 Å². The van der Waals surface area contributed by atoms with Crippen molar-refractivity contribution in [3.05, 3.63) is 38.3 Å². The molecule has 2 rings (SSSR count). The molecule has 1 aliphatic heterocycles. The van der Waals surface area contributed by atoms with E-state index in [4.69, 9.17) is 0 Å². The minimum atomic E-state index is -0.424. The molecule has 114 valence electrons. The summed E-state index contributed by atoms with van der Waals surface area (Å²) in [4.78, 5) is 24.5. The smallest absolute Gasteiger partial charge is 0.283 e. The fourth-order valence-electron chi connectivity index (χ4n) is 2.38. The van der Waals surface area contributed by atoms with Crippen molar-refractivity contribution in [3.63, 3.8) is 0 Å². The molecule has 1 saturated heterocycles. The lowest BCUT2D eigenvalue weighted by atomic mass is 10.2. The van der Waals surface area contributed by atoms with Gasteiger partial charge in [0.2, 0.25) is 5.91 Å². The highest BCUT2D eigenvalue weighted by atomic mass is 79.9. The Kier molecular flexibility index (Phi) is 5.30. The number of carbonyl (C=O) groups is 1. The van der Waals surface area contributed by atoms with Crippen LogP contribution >= 0.6 is 15.9 Å². The summed E-state index contributed by atoms with van der Waals surface area (Å²) in [7, 11) is 0. The highest BCUT2D eigenvalue weighted by Gasteiger charge is 2.22. The number of nitro benzene ring substituents is 1. The number of nitro groups is 1. The summed E-state index contributed by atoms with van der Waals surface area (Å²) in [5.74, 6) is 0.0964. The van der Waals surface area contributed by atoms with Crippen LogP contribution in [0.25, 0.3) is 0 Å². The monoisotopic (exact) mass is 355 g/mol. The molecule has 1 unspecified atom stereocenters. The number of nitrogens with one attached hydrogen (secondary N) is 1. The van der Waals surface area contributed by atoms with Crippen LogP contribution in [0.15, 0.2) is 22.7 Å². The fourth-order valence-corrected chi connectivity index (χ4v) is 2.77. The molecule has 1 amide bonds. The third-order valence-corrected chi connectivity index (χ3v) is 4.28. The third-order valence-electron chi connectivity index (χ3n) is 3.61. The lowest BCUT2D eigenvalue weighted by molar-refractivity contribution is -0.385. The average Bonchev–Trinajstić information content (AvgIpc) is 2.99. The highest BCUT2D eigenvalue weighted by Crippen LogP contribution is 2.25. The molecule has 1 aromatic rings. The van der Waals surface area contributed by atoms with E-state index in [0.717, 1.165) is 31.5 Å². The zero-order valence-corrected chi connectivity index (χ0v) is 13.4. The average molecular weight is 356 g/mol. The summed E-state index contributed by atoms with van der Waals surface area (Å²) in [6.45, 7) is 3.91. The van der Waals surface area contributed by atoms with Crippen LogP contribution in [0.2, 0.25) is 0 Å². The number of halogens is 1. The first-order chi connectivity index (χ1) is 9.99. The van der Waals surface area contributed by atoms with Gasteiger partial charge in [-0.2, -0.15) is 0 Å². The first kappa shape index (κ1) is 15.9. The van der Waals surface area contributed by atoms with Crippen LogP contribution < -0.4 is 5.32 Å². The Bertz CT molecular complexity index is 544. The molecule has 1 atom stereocenters. The second kappa shape index (κ2) is 7.00. The van der Waals surface area contributed by atoms with Gasteiger partial charge in [-0.15, -0.1) is 0 Å². The van der Waals surface area contributed by atoms with Gasteiger partial charge in [-0.1, -0.05) is 6.07 Å². The predicted molar refractivity (Wildman–Crippen MR) is 82.9 cm³/mol. The molecular formula is C14H18BrN3O3. The molecule has 0 bridgehead atoms. The lowest BCUT2D eigenvalue weighted by Crippen LogP contribution is -2.43. The second-order valence-electron chi connectivity index (χ2n) is 5.18. The summed E-state index contributed by atoms with van der Waals surface area (Å²) >= 11 is 3.16. The Labute approximate surface area is 131 Å². The van der Waals surface area contributed by atoms with E-state index >= 15 is 0 Å². The van der Waals surface area contributed by atoms with Crippen LogP contribution in [0, 0.1) is 10.1 Å². The Morgan fingerprint density at radius 3 is 2.76 bits per heavy atom. The lowest BCUT2D eigenvalue weighted by Gasteiger charge is -2.21. The van der Waals surface area contributed by atoms with Crippen LogP contribution in [0.1, 0.15) is 25.3 Å². The summed E-state index contributed by atoms with van der Waals surface area (Å²) in [6, 6.07) is 4.69. The summed E-state index contributed by atoms with van der Waals surface area (Å²) in [5, 5.41) is 14.0. The van der Waals surface area contributed by atoms with Crippen molar-refractivity contribution in [2.24, 2.45) is 0 Å². The van der Waals surface area contributed by atoms with Crippen molar-refractivity contribution in [2.75, 3.05) is 13.1 Å². The van der Waals surface area contributed by atoms with Gasteiger partial charge in [0.25, 0.3) is 5.69 Å². The summed E-state index contributed by atoms with van der Waals surface area (Å²) < 4.78 is 0.456. The molecule has 1 heterocycles. The number of amides is 1. The SMILES string of the molecule is CC(NCc1ccc(Br)c([N+](=O)[O-])c1)C(=O)N1CCCC1. The van der Waals surface area contributed by atoms with Crippen molar-refractivity contribution in [1.29, 1.82) is 0 Å². The summed E-state index contributed by atoms with van der Waals surface area (Å²) in [6.07, 6.45) is 2.13. The molecule has 1 aromatic carbocycles. The standard InChI is InChI=1S/C14H18BrN3O3/c1-10(14(19)17-6-2-3-7-17)16-9-11-4-5-12(15)13(8-11)18(20)21/h4-5,8,10,16H,2-3,6-7,9H2,1H3. The van der Waals surface area contributed by atoms with Gasteiger partial charge in [0.1, 0.15) is 0 Å². The van der Waals surface area contributed by atoms with Gasteiger partial charge < -0.3 is 10.2 Å². The van der Waals surface area contributed by atoms with Crippen molar-refractivity contribution in [1.82, 2.24) is 10.2 Å². The van der Waals surface area contributed by atoms with E-state index in [1.807, 2.05) is 11.8 Å². The minimum Gasteiger partial charge on any atom is -0.341 e. The maximum atomic E-state index is 12.1. The van der Waals surface area contributed by atoms with Crippen molar-refractivity contribution in [2.45, 2.75) is 32.4 Å². The number of benzene rings is 1. The molecule has 7 heteroatoms. The number of carbonyl (C=O) groups excluding carboxylic acids is 1. The molecule has 0 radical (unpaired) electrons. The number of nitrogens with zero attached hydrogens (tertiary/aromatic N) is 2. The zero-order valence-electron chi connectivity index (χ0n) is 11.8. The maximum Gasteiger partial charge on any atom is 0.283 e. The predicted octanol–water partition coefficient (Wildman–Crippen LogP) is 2.46. The minimum absolute atomic E-state index is 0.0350. The van der Waals surface area contributed by atoms with Gasteiger partial charge in [-0.25, -0.2) is 0 Å². The van der Waals surface area contributed by atoms with Crippen LogP contribution in [0.4, 0.5) is 5.69 Å². The van der Waals surface area contributed by atoms with Crippen LogP contribution in [0.3, 0.4) is 0 Å². The van der Waals surface area contributed by atoms with E-state index in [1.54, 1.807) is 12.1 Å². The Hall–Kier alpha value is -1.47. The molecule has 21 heavy (non-hydrogen) atoms. The van der Waals surface area contributed by atoms with Crippen LogP contribution in [0.5, 0.6) is 0 Å². The van der Waals surface area contributed by atoms with Crippen LogP contribution in [-0.4, -0.2) is 34.9 Å². The fraction of sp³-hybridized carbons (Fsp3) is 0.500.